The third-order valence-electron chi connectivity index (χ3n) is 1.86. The largest absolute Gasteiger partial charge is 0.265 e. The van der Waals surface area contributed by atoms with E-state index in [1.807, 2.05) is 0 Å². The SMILES string of the molecule is O=[N+]([O-])CCCNS(=O)(=O)c1ccccc1. The summed E-state index contributed by atoms with van der Waals surface area (Å²) in [5.41, 5.74) is 0. The summed E-state index contributed by atoms with van der Waals surface area (Å²) in [6.07, 6.45) is 0.180. The standard InChI is InChI=1S/C9H12N2O4S/c12-11(13)8-4-7-10-16(14,15)9-5-2-1-3-6-9/h1-3,5-6,10H,4,7-8H2. The fraction of sp³-hybridized carbons (Fsp3) is 0.333. The number of nitrogens with zero attached hydrogens (tertiary/aromatic N) is 1. The Bertz CT molecular complexity index is 444. The van der Waals surface area contributed by atoms with Crippen molar-refractivity contribution in [1.82, 2.24) is 4.72 Å². The van der Waals surface area contributed by atoms with Crippen molar-refractivity contribution in [3.8, 4) is 0 Å². The van der Waals surface area contributed by atoms with Gasteiger partial charge in [-0.15, -0.1) is 0 Å². The van der Waals surface area contributed by atoms with E-state index < -0.39 is 14.9 Å². The van der Waals surface area contributed by atoms with Crippen LogP contribution in [0.25, 0.3) is 0 Å². The molecule has 1 N–H and O–H groups in total. The highest BCUT2D eigenvalue weighted by molar-refractivity contribution is 7.89. The monoisotopic (exact) mass is 244 g/mol. The highest BCUT2D eigenvalue weighted by Gasteiger charge is 2.12. The topological polar surface area (TPSA) is 89.3 Å². The van der Waals surface area contributed by atoms with Gasteiger partial charge in [0.15, 0.2) is 0 Å². The Hall–Kier alpha value is -1.47. The first-order valence-electron chi connectivity index (χ1n) is 4.69. The second kappa shape index (κ2) is 5.57. The van der Waals surface area contributed by atoms with Crippen LogP contribution in [0.3, 0.4) is 0 Å². The van der Waals surface area contributed by atoms with Crippen LogP contribution in [-0.2, 0) is 10.0 Å². The van der Waals surface area contributed by atoms with Crippen molar-refractivity contribution in [3.63, 3.8) is 0 Å². The molecule has 88 valence electrons. The Morgan fingerprint density at radius 2 is 1.88 bits per heavy atom. The van der Waals surface area contributed by atoms with Gasteiger partial charge in [-0.25, -0.2) is 13.1 Å². The Morgan fingerprint density at radius 1 is 1.25 bits per heavy atom. The second-order valence-corrected chi connectivity index (χ2v) is 4.89. The average Bonchev–Trinajstić information content (AvgIpc) is 2.26. The van der Waals surface area contributed by atoms with E-state index in [-0.39, 0.29) is 24.4 Å². The molecule has 1 aromatic rings. The van der Waals surface area contributed by atoms with Crippen LogP contribution >= 0.6 is 0 Å². The summed E-state index contributed by atoms with van der Waals surface area (Å²) in [6.45, 7) is -0.171. The van der Waals surface area contributed by atoms with Crippen LogP contribution in [0, 0.1) is 10.1 Å². The summed E-state index contributed by atoms with van der Waals surface area (Å²) >= 11 is 0. The minimum atomic E-state index is -3.53. The lowest BCUT2D eigenvalue weighted by Gasteiger charge is -2.04. The van der Waals surface area contributed by atoms with Crippen LogP contribution < -0.4 is 4.72 Å². The number of hydrogen-bond acceptors (Lipinski definition) is 4. The summed E-state index contributed by atoms with van der Waals surface area (Å²) < 4.78 is 25.5. The number of sulfonamides is 1. The molecular formula is C9H12N2O4S. The third-order valence-corrected chi connectivity index (χ3v) is 3.34. The predicted molar refractivity (Wildman–Crippen MR) is 58.1 cm³/mol. The minimum Gasteiger partial charge on any atom is -0.265 e. The van der Waals surface area contributed by atoms with Gasteiger partial charge >= 0.3 is 0 Å². The van der Waals surface area contributed by atoms with Gasteiger partial charge in [-0.2, -0.15) is 0 Å². The Kier molecular flexibility index (Phi) is 4.39. The first-order valence-corrected chi connectivity index (χ1v) is 6.17. The fourth-order valence-electron chi connectivity index (χ4n) is 1.10. The molecule has 0 saturated carbocycles. The normalized spacial score (nSPS) is 11.2. The minimum absolute atomic E-state index is 0.0677. The van der Waals surface area contributed by atoms with E-state index in [0.29, 0.717) is 0 Å². The highest BCUT2D eigenvalue weighted by Crippen LogP contribution is 2.06. The van der Waals surface area contributed by atoms with Crippen LogP contribution in [0.5, 0.6) is 0 Å². The Labute approximate surface area is 93.5 Å². The van der Waals surface area contributed by atoms with Crippen molar-refractivity contribution in [2.45, 2.75) is 11.3 Å². The third kappa shape index (κ3) is 3.95. The number of nitro groups is 1. The molecule has 0 aromatic heterocycles. The van der Waals surface area contributed by atoms with E-state index >= 15 is 0 Å². The molecule has 7 heteroatoms. The van der Waals surface area contributed by atoms with Crippen LogP contribution in [0.2, 0.25) is 0 Å². The molecule has 0 amide bonds. The lowest BCUT2D eigenvalue weighted by Crippen LogP contribution is -2.26. The lowest BCUT2D eigenvalue weighted by molar-refractivity contribution is -0.480. The van der Waals surface area contributed by atoms with Crippen molar-refractivity contribution < 1.29 is 13.3 Å². The summed E-state index contributed by atoms with van der Waals surface area (Å²) in [4.78, 5) is 9.71. The molecular weight excluding hydrogens is 232 g/mol. The molecule has 0 fully saturated rings. The van der Waals surface area contributed by atoms with Gasteiger partial charge in [-0.3, -0.25) is 10.1 Å². The lowest BCUT2D eigenvalue weighted by atomic mass is 10.4. The smallest absolute Gasteiger partial charge is 0.240 e. The van der Waals surface area contributed by atoms with E-state index in [4.69, 9.17) is 0 Å². The van der Waals surface area contributed by atoms with E-state index in [1.165, 1.54) is 12.1 Å². The van der Waals surface area contributed by atoms with Gasteiger partial charge in [0.1, 0.15) is 0 Å². The van der Waals surface area contributed by atoms with Crippen molar-refractivity contribution in [2.75, 3.05) is 13.1 Å². The number of benzene rings is 1. The molecule has 6 nitrogen and oxygen atoms in total. The summed E-state index contributed by atoms with van der Waals surface area (Å²) in [5.74, 6) is 0. The van der Waals surface area contributed by atoms with Gasteiger partial charge in [0.2, 0.25) is 16.6 Å². The molecule has 16 heavy (non-hydrogen) atoms. The van der Waals surface area contributed by atoms with E-state index in [2.05, 4.69) is 4.72 Å². The van der Waals surface area contributed by atoms with E-state index in [1.54, 1.807) is 18.2 Å². The van der Waals surface area contributed by atoms with Crippen LogP contribution in [0.15, 0.2) is 35.2 Å². The molecule has 0 saturated heterocycles. The maximum Gasteiger partial charge on any atom is 0.240 e. The summed E-state index contributed by atoms with van der Waals surface area (Å²) in [7, 11) is -3.53. The second-order valence-electron chi connectivity index (χ2n) is 3.12. The van der Waals surface area contributed by atoms with Crippen molar-refractivity contribution in [2.24, 2.45) is 0 Å². The van der Waals surface area contributed by atoms with Crippen molar-refractivity contribution in [1.29, 1.82) is 0 Å². The molecule has 0 radical (unpaired) electrons. The number of nitrogens with one attached hydrogen (secondary N) is 1. The molecule has 0 spiro atoms. The number of rotatable bonds is 6. The Morgan fingerprint density at radius 3 is 2.44 bits per heavy atom. The zero-order valence-electron chi connectivity index (χ0n) is 8.50. The summed E-state index contributed by atoms with van der Waals surface area (Å²) in [5, 5.41) is 10.0. The highest BCUT2D eigenvalue weighted by atomic mass is 32.2. The van der Waals surface area contributed by atoms with Crippen LogP contribution in [0.1, 0.15) is 6.42 Å². The molecule has 0 bridgehead atoms. The maximum atomic E-state index is 11.6. The molecule has 0 aliphatic rings. The molecule has 0 aliphatic heterocycles. The van der Waals surface area contributed by atoms with Gasteiger partial charge < -0.3 is 0 Å². The van der Waals surface area contributed by atoms with Crippen molar-refractivity contribution >= 4 is 10.0 Å². The van der Waals surface area contributed by atoms with Crippen LogP contribution in [-0.4, -0.2) is 26.4 Å². The van der Waals surface area contributed by atoms with Gasteiger partial charge in [-0.1, -0.05) is 18.2 Å². The Balaban J connectivity index is 2.51. The fourth-order valence-corrected chi connectivity index (χ4v) is 2.19. The van der Waals surface area contributed by atoms with Gasteiger partial charge in [-0.05, 0) is 12.1 Å². The molecule has 0 atom stereocenters. The van der Waals surface area contributed by atoms with Gasteiger partial charge in [0, 0.05) is 17.9 Å². The molecule has 1 aromatic carbocycles. The molecule has 1 rings (SSSR count). The average molecular weight is 244 g/mol. The zero-order chi connectivity index (χ0) is 12.0. The maximum absolute atomic E-state index is 11.6. The first kappa shape index (κ1) is 12.6. The summed E-state index contributed by atoms with van der Waals surface area (Å²) in [6, 6.07) is 7.88. The molecule has 0 aliphatic carbocycles. The number of hydrogen-bond donors (Lipinski definition) is 1. The predicted octanol–water partition coefficient (Wildman–Crippen LogP) is 0.632. The van der Waals surface area contributed by atoms with Crippen LogP contribution in [0.4, 0.5) is 0 Å². The van der Waals surface area contributed by atoms with Gasteiger partial charge in [0.25, 0.3) is 0 Å². The van der Waals surface area contributed by atoms with Gasteiger partial charge in [0.05, 0.1) is 4.90 Å². The van der Waals surface area contributed by atoms with E-state index in [9.17, 15) is 18.5 Å². The first-order chi connectivity index (χ1) is 7.52. The zero-order valence-corrected chi connectivity index (χ0v) is 9.31. The van der Waals surface area contributed by atoms with Crippen molar-refractivity contribution in [3.05, 3.63) is 40.4 Å². The molecule has 0 unspecified atom stereocenters. The molecule has 0 heterocycles. The quantitative estimate of drug-likeness (QED) is 0.451. The van der Waals surface area contributed by atoms with E-state index in [0.717, 1.165) is 0 Å².